The SMILES string of the molecule is CCCC(N)c1cn(CCOC2CCCCO2)nn1. The molecule has 0 spiro atoms. The van der Waals surface area contributed by atoms with Crippen molar-refractivity contribution in [2.24, 2.45) is 5.73 Å². The highest BCUT2D eigenvalue weighted by Gasteiger charge is 2.14. The summed E-state index contributed by atoms with van der Waals surface area (Å²) in [5.74, 6) is 0. The van der Waals surface area contributed by atoms with E-state index in [1.54, 1.807) is 4.68 Å². The lowest BCUT2D eigenvalue weighted by Crippen LogP contribution is -2.24. The van der Waals surface area contributed by atoms with Crippen LogP contribution in [0.2, 0.25) is 0 Å². The normalized spacial score (nSPS) is 21.5. The van der Waals surface area contributed by atoms with Gasteiger partial charge in [-0.3, -0.25) is 0 Å². The largest absolute Gasteiger partial charge is 0.353 e. The first kappa shape index (κ1) is 14.4. The van der Waals surface area contributed by atoms with E-state index in [4.69, 9.17) is 15.2 Å². The van der Waals surface area contributed by atoms with Crippen molar-refractivity contribution in [3.8, 4) is 0 Å². The summed E-state index contributed by atoms with van der Waals surface area (Å²) in [5.41, 5.74) is 6.85. The molecule has 2 heterocycles. The molecule has 0 aromatic carbocycles. The van der Waals surface area contributed by atoms with E-state index in [0.29, 0.717) is 13.2 Å². The van der Waals surface area contributed by atoms with Crippen molar-refractivity contribution >= 4 is 0 Å². The van der Waals surface area contributed by atoms with Crippen LogP contribution < -0.4 is 5.73 Å². The molecular weight excluding hydrogens is 244 g/mol. The van der Waals surface area contributed by atoms with E-state index in [9.17, 15) is 0 Å². The lowest BCUT2D eigenvalue weighted by Gasteiger charge is -2.22. The number of rotatable bonds is 7. The van der Waals surface area contributed by atoms with Crippen LogP contribution in [0.15, 0.2) is 6.20 Å². The van der Waals surface area contributed by atoms with Gasteiger partial charge in [-0.05, 0) is 25.7 Å². The minimum Gasteiger partial charge on any atom is -0.353 e. The first-order valence-electron chi connectivity index (χ1n) is 7.18. The molecule has 1 fully saturated rings. The van der Waals surface area contributed by atoms with Crippen molar-refractivity contribution in [1.82, 2.24) is 15.0 Å². The molecule has 0 amide bonds. The molecule has 1 aliphatic rings. The summed E-state index contributed by atoms with van der Waals surface area (Å²) in [5, 5.41) is 8.17. The van der Waals surface area contributed by atoms with Crippen LogP contribution in [0, 0.1) is 0 Å². The zero-order chi connectivity index (χ0) is 13.5. The van der Waals surface area contributed by atoms with Gasteiger partial charge in [0.15, 0.2) is 6.29 Å². The van der Waals surface area contributed by atoms with Crippen LogP contribution in [0.3, 0.4) is 0 Å². The predicted molar refractivity (Wildman–Crippen MR) is 71.4 cm³/mol. The fraction of sp³-hybridized carbons (Fsp3) is 0.846. The molecule has 2 N–H and O–H groups in total. The Morgan fingerprint density at radius 1 is 1.58 bits per heavy atom. The van der Waals surface area contributed by atoms with Crippen LogP contribution in [-0.4, -0.2) is 34.5 Å². The van der Waals surface area contributed by atoms with E-state index >= 15 is 0 Å². The van der Waals surface area contributed by atoms with Crippen molar-refractivity contribution in [3.05, 3.63) is 11.9 Å². The molecule has 19 heavy (non-hydrogen) atoms. The topological polar surface area (TPSA) is 75.2 Å². The Balaban J connectivity index is 1.70. The Bertz CT molecular complexity index is 363. The highest BCUT2D eigenvalue weighted by atomic mass is 16.7. The van der Waals surface area contributed by atoms with Gasteiger partial charge >= 0.3 is 0 Å². The van der Waals surface area contributed by atoms with E-state index in [-0.39, 0.29) is 12.3 Å². The highest BCUT2D eigenvalue weighted by molar-refractivity contribution is 4.99. The smallest absolute Gasteiger partial charge is 0.157 e. The van der Waals surface area contributed by atoms with Gasteiger partial charge in [-0.2, -0.15) is 0 Å². The molecule has 0 bridgehead atoms. The zero-order valence-electron chi connectivity index (χ0n) is 11.6. The number of nitrogens with zero attached hydrogens (tertiary/aromatic N) is 3. The third-order valence-corrected chi connectivity index (χ3v) is 3.30. The predicted octanol–water partition coefficient (Wildman–Crippen LogP) is 1.62. The molecule has 2 atom stereocenters. The van der Waals surface area contributed by atoms with E-state index in [2.05, 4.69) is 17.2 Å². The van der Waals surface area contributed by atoms with Gasteiger partial charge in [0, 0.05) is 6.61 Å². The van der Waals surface area contributed by atoms with Crippen LogP contribution in [0.4, 0.5) is 0 Å². The van der Waals surface area contributed by atoms with E-state index in [0.717, 1.165) is 38.0 Å². The summed E-state index contributed by atoms with van der Waals surface area (Å²) < 4.78 is 13.0. The fourth-order valence-electron chi connectivity index (χ4n) is 2.17. The van der Waals surface area contributed by atoms with Crippen molar-refractivity contribution in [3.63, 3.8) is 0 Å². The molecular formula is C13H24N4O2. The molecule has 1 saturated heterocycles. The Labute approximate surface area is 114 Å². The van der Waals surface area contributed by atoms with E-state index in [1.165, 1.54) is 6.42 Å². The number of hydrogen-bond acceptors (Lipinski definition) is 5. The maximum Gasteiger partial charge on any atom is 0.157 e. The first-order valence-corrected chi connectivity index (χ1v) is 7.18. The lowest BCUT2D eigenvalue weighted by molar-refractivity contribution is -0.163. The molecule has 1 aromatic heterocycles. The van der Waals surface area contributed by atoms with Crippen LogP contribution in [-0.2, 0) is 16.0 Å². The summed E-state index contributed by atoms with van der Waals surface area (Å²) in [7, 11) is 0. The molecule has 1 aliphatic heterocycles. The standard InChI is InChI=1S/C13H24N4O2/c1-2-5-11(14)12-10-17(16-15-12)7-9-19-13-6-3-4-8-18-13/h10-11,13H,2-9,14H2,1H3. The number of ether oxygens (including phenoxy) is 2. The second kappa shape index (κ2) is 7.57. The molecule has 0 saturated carbocycles. The third kappa shape index (κ3) is 4.56. The minimum absolute atomic E-state index is 0.0126. The first-order chi connectivity index (χ1) is 9.29. The number of aromatic nitrogens is 3. The molecule has 0 aliphatic carbocycles. The van der Waals surface area contributed by atoms with Crippen LogP contribution in [0.25, 0.3) is 0 Å². The Kier molecular flexibility index (Phi) is 5.75. The van der Waals surface area contributed by atoms with Gasteiger partial charge in [0.2, 0.25) is 0 Å². The van der Waals surface area contributed by atoms with Crippen molar-refractivity contribution in [1.29, 1.82) is 0 Å². The third-order valence-electron chi connectivity index (χ3n) is 3.30. The van der Waals surface area contributed by atoms with Gasteiger partial charge in [-0.25, -0.2) is 4.68 Å². The highest BCUT2D eigenvalue weighted by Crippen LogP contribution is 2.14. The minimum atomic E-state index is -0.0425. The number of nitrogens with two attached hydrogens (primary N) is 1. The summed E-state index contributed by atoms with van der Waals surface area (Å²) in [4.78, 5) is 0. The quantitative estimate of drug-likeness (QED) is 0.813. The van der Waals surface area contributed by atoms with Crippen LogP contribution >= 0.6 is 0 Å². The molecule has 2 rings (SSSR count). The molecule has 1 aromatic rings. The van der Waals surface area contributed by atoms with Crippen LogP contribution in [0.1, 0.15) is 50.8 Å². The second-order valence-corrected chi connectivity index (χ2v) is 4.97. The summed E-state index contributed by atoms with van der Waals surface area (Å²) in [6.45, 7) is 4.20. The Morgan fingerprint density at radius 3 is 3.21 bits per heavy atom. The van der Waals surface area contributed by atoms with Gasteiger partial charge in [-0.1, -0.05) is 18.6 Å². The van der Waals surface area contributed by atoms with Crippen LogP contribution in [0.5, 0.6) is 0 Å². The van der Waals surface area contributed by atoms with Gasteiger partial charge in [0.05, 0.1) is 31.1 Å². The second-order valence-electron chi connectivity index (χ2n) is 4.97. The van der Waals surface area contributed by atoms with Gasteiger partial charge in [-0.15, -0.1) is 5.10 Å². The van der Waals surface area contributed by atoms with Crippen molar-refractivity contribution < 1.29 is 9.47 Å². The van der Waals surface area contributed by atoms with Gasteiger partial charge in [0.25, 0.3) is 0 Å². The molecule has 108 valence electrons. The van der Waals surface area contributed by atoms with E-state index in [1.807, 2.05) is 6.20 Å². The van der Waals surface area contributed by atoms with E-state index < -0.39 is 0 Å². The van der Waals surface area contributed by atoms with Gasteiger partial charge < -0.3 is 15.2 Å². The van der Waals surface area contributed by atoms with Gasteiger partial charge in [0.1, 0.15) is 0 Å². The average molecular weight is 268 g/mol. The lowest BCUT2D eigenvalue weighted by atomic mass is 10.1. The van der Waals surface area contributed by atoms with Crippen molar-refractivity contribution in [2.75, 3.05) is 13.2 Å². The molecule has 6 nitrogen and oxygen atoms in total. The van der Waals surface area contributed by atoms with Crippen molar-refractivity contribution in [2.45, 2.75) is 57.9 Å². The monoisotopic (exact) mass is 268 g/mol. The molecule has 6 heteroatoms. The average Bonchev–Trinajstić information content (AvgIpc) is 2.89. The maximum absolute atomic E-state index is 6.00. The maximum atomic E-state index is 6.00. The fourth-order valence-corrected chi connectivity index (χ4v) is 2.17. The summed E-state index contributed by atoms with van der Waals surface area (Å²) in [6.07, 6.45) is 7.17. The summed E-state index contributed by atoms with van der Waals surface area (Å²) >= 11 is 0. The Hall–Kier alpha value is -0.980. The molecule has 2 unspecified atom stereocenters. The summed E-state index contributed by atoms with van der Waals surface area (Å²) in [6, 6.07) is -0.0126. The molecule has 0 radical (unpaired) electrons. The Morgan fingerprint density at radius 2 is 2.47 bits per heavy atom. The zero-order valence-corrected chi connectivity index (χ0v) is 11.6. The number of hydrogen-bond donors (Lipinski definition) is 1.